The van der Waals surface area contributed by atoms with Crippen molar-refractivity contribution in [1.29, 1.82) is 0 Å². The molecular weight excluding hydrogens is 182 g/mol. The van der Waals surface area contributed by atoms with E-state index in [2.05, 4.69) is 37.5 Å². The zero-order valence-electron chi connectivity index (χ0n) is 11.2. The highest BCUT2D eigenvalue weighted by atomic mass is 15.1. The Morgan fingerprint density at radius 1 is 1.00 bits per heavy atom. The van der Waals surface area contributed by atoms with Gasteiger partial charge in [-0.25, -0.2) is 0 Å². The van der Waals surface area contributed by atoms with Crippen LogP contribution in [-0.4, -0.2) is 24.5 Å². The highest BCUT2D eigenvalue weighted by Crippen LogP contribution is 2.10. The molecule has 0 spiro atoms. The predicted molar refractivity (Wildman–Crippen MR) is 68.9 cm³/mol. The Hall–Kier alpha value is -0.480. The van der Waals surface area contributed by atoms with Crippen LogP contribution in [0.4, 0.5) is 0 Å². The second kappa shape index (κ2) is 7.77. The molecule has 0 amide bonds. The minimum Gasteiger partial charge on any atom is -0.292 e. The fourth-order valence-electron chi connectivity index (χ4n) is 1.53. The Kier molecular flexibility index (Phi) is 7.52. The van der Waals surface area contributed by atoms with E-state index < -0.39 is 0 Å². The van der Waals surface area contributed by atoms with Crippen LogP contribution in [0.15, 0.2) is 0 Å². The number of nitrogens with zero attached hydrogens (tertiary/aromatic N) is 1. The van der Waals surface area contributed by atoms with Crippen LogP contribution >= 0.6 is 0 Å². The van der Waals surface area contributed by atoms with Gasteiger partial charge in [0.25, 0.3) is 0 Å². The maximum atomic E-state index is 3.28. The summed E-state index contributed by atoms with van der Waals surface area (Å²) in [6.45, 7) is 14.0. The van der Waals surface area contributed by atoms with Crippen molar-refractivity contribution in [2.75, 3.05) is 19.6 Å². The summed E-state index contributed by atoms with van der Waals surface area (Å²) in [5.41, 5.74) is 0.162. The van der Waals surface area contributed by atoms with E-state index in [9.17, 15) is 0 Å². The highest BCUT2D eigenvalue weighted by molar-refractivity contribution is 5.08. The average Bonchev–Trinajstić information content (AvgIpc) is 2.20. The van der Waals surface area contributed by atoms with E-state index in [0.717, 1.165) is 6.54 Å². The topological polar surface area (TPSA) is 3.24 Å². The first-order chi connectivity index (χ1) is 7.08. The van der Waals surface area contributed by atoms with E-state index in [0.29, 0.717) is 0 Å². The van der Waals surface area contributed by atoms with E-state index in [4.69, 9.17) is 0 Å². The van der Waals surface area contributed by atoms with Crippen molar-refractivity contribution in [1.82, 2.24) is 4.90 Å². The second-order valence-corrected chi connectivity index (χ2v) is 4.89. The molecule has 0 bridgehead atoms. The van der Waals surface area contributed by atoms with Crippen molar-refractivity contribution in [3.8, 4) is 11.8 Å². The third-order valence-corrected chi connectivity index (χ3v) is 2.21. The first-order valence-electron chi connectivity index (χ1n) is 6.30. The molecule has 1 saturated heterocycles. The van der Waals surface area contributed by atoms with Gasteiger partial charge in [0.05, 0.1) is 6.54 Å². The Morgan fingerprint density at radius 3 is 2.00 bits per heavy atom. The zero-order chi connectivity index (χ0) is 11.7. The third kappa shape index (κ3) is 8.51. The van der Waals surface area contributed by atoms with E-state index in [1.54, 1.807) is 0 Å². The Bertz CT molecular complexity index is 196. The van der Waals surface area contributed by atoms with Gasteiger partial charge >= 0.3 is 0 Å². The largest absolute Gasteiger partial charge is 0.292 e. The van der Waals surface area contributed by atoms with Crippen molar-refractivity contribution in [2.45, 2.75) is 53.9 Å². The van der Waals surface area contributed by atoms with Crippen LogP contribution in [-0.2, 0) is 0 Å². The fraction of sp³-hybridized carbons (Fsp3) is 0.857. The third-order valence-electron chi connectivity index (χ3n) is 2.21. The van der Waals surface area contributed by atoms with Crippen molar-refractivity contribution in [2.24, 2.45) is 5.41 Å². The molecule has 1 aliphatic heterocycles. The smallest absolute Gasteiger partial charge is 0.0601 e. The lowest BCUT2D eigenvalue weighted by Gasteiger charge is -2.24. The average molecular weight is 209 g/mol. The van der Waals surface area contributed by atoms with Crippen LogP contribution in [0.1, 0.15) is 53.9 Å². The number of hydrogen-bond acceptors (Lipinski definition) is 1. The lowest BCUT2D eigenvalue weighted by Crippen LogP contribution is -2.30. The highest BCUT2D eigenvalue weighted by Gasteiger charge is 2.08. The van der Waals surface area contributed by atoms with E-state index in [-0.39, 0.29) is 5.41 Å². The van der Waals surface area contributed by atoms with Crippen LogP contribution in [0.2, 0.25) is 0 Å². The van der Waals surface area contributed by atoms with Crippen LogP contribution < -0.4 is 0 Å². The van der Waals surface area contributed by atoms with Crippen LogP contribution in [0.25, 0.3) is 0 Å². The molecule has 0 atom stereocenters. The summed E-state index contributed by atoms with van der Waals surface area (Å²) in [6.07, 6.45) is 4.12. The van der Waals surface area contributed by atoms with Gasteiger partial charge in [-0.15, -0.1) is 0 Å². The van der Waals surface area contributed by atoms with Gasteiger partial charge in [0.1, 0.15) is 0 Å². The molecule has 1 aliphatic rings. The summed E-state index contributed by atoms with van der Waals surface area (Å²) in [6, 6.07) is 0. The quantitative estimate of drug-likeness (QED) is 0.597. The monoisotopic (exact) mass is 209 g/mol. The molecule has 0 aromatic heterocycles. The molecule has 0 aromatic rings. The molecule has 0 aromatic carbocycles. The number of piperidine rings is 1. The molecule has 1 fully saturated rings. The second-order valence-electron chi connectivity index (χ2n) is 4.89. The van der Waals surface area contributed by atoms with E-state index >= 15 is 0 Å². The molecule has 88 valence electrons. The summed E-state index contributed by atoms with van der Waals surface area (Å²) in [7, 11) is 0. The van der Waals surface area contributed by atoms with Gasteiger partial charge in [-0.05, 0) is 46.7 Å². The Balaban J connectivity index is 0.000000921. The molecule has 0 aliphatic carbocycles. The zero-order valence-corrected chi connectivity index (χ0v) is 11.2. The summed E-state index contributed by atoms with van der Waals surface area (Å²) in [5.74, 6) is 6.55. The van der Waals surface area contributed by atoms with Crippen molar-refractivity contribution in [3.05, 3.63) is 0 Å². The molecular formula is C14H27N. The van der Waals surface area contributed by atoms with Gasteiger partial charge in [-0.1, -0.05) is 32.1 Å². The van der Waals surface area contributed by atoms with Crippen LogP contribution in [0.5, 0.6) is 0 Å². The summed E-state index contributed by atoms with van der Waals surface area (Å²) in [5, 5.41) is 0. The number of likely N-dealkylation sites (tertiary alicyclic amines) is 1. The molecule has 0 radical (unpaired) electrons. The Labute approximate surface area is 96.2 Å². The lowest BCUT2D eigenvalue weighted by atomic mass is 9.98. The lowest BCUT2D eigenvalue weighted by molar-refractivity contribution is 0.255. The first-order valence-corrected chi connectivity index (χ1v) is 6.30. The number of rotatable bonds is 1. The van der Waals surface area contributed by atoms with Crippen molar-refractivity contribution in [3.63, 3.8) is 0 Å². The molecule has 0 unspecified atom stereocenters. The minimum absolute atomic E-state index is 0.162. The van der Waals surface area contributed by atoms with E-state index in [1.807, 2.05) is 13.8 Å². The molecule has 0 N–H and O–H groups in total. The summed E-state index contributed by atoms with van der Waals surface area (Å²) >= 11 is 0. The molecule has 1 heteroatoms. The SMILES string of the molecule is CC.CC(C)(C)C#CCN1CCCCC1. The molecule has 1 rings (SSSR count). The fourth-order valence-corrected chi connectivity index (χ4v) is 1.53. The number of hydrogen-bond donors (Lipinski definition) is 0. The molecule has 0 saturated carbocycles. The maximum absolute atomic E-state index is 3.28. The molecule has 1 nitrogen and oxygen atoms in total. The summed E-state index contributed by atoms with van der Waals surface area (Å²) < 4.78 is 0. The molecule has 1 heterocycles. The first kappa shape index (κ1) is 14.5. The van der Waals surface area contributed by atoms with Gasteiger partial charge in [0.2, 0.25) is 0 Å². The van der Waals surface area contributed by atoms with Crippen LogP contribution in [0, 0.1) is 17.3 Å². The van der Waals surface area contributed by atoms with Gasteiger partial charge < -0.3 is 0 Å². The van der Waals surface area contributed by atoms with Gasteiger partial charge in [0, 0.05) is 5.41 Å². The van der Waals surface area contributed by atoms with Crippen molar-refractivity contribution < 1.29 is 0 Å². The van der Waals surface area contributed by atoms with Gasteiger partial charge in [-0.3, -0.25) is 4.90 Å². The molecule has 15 heavy (non-hydrogen) atoms. The van der Waals surface area contributed by atoms with Gasteiger partial charge in [-0.2, -0.15) is 0 Å². The van der Waals surface area contributed by atoms with Gasteiger partial charge in [0.15, 0.2) is 0 Å². The normalized spacial score (nSPS) is 17.1. The standard InChI is InChI=1S/C12H21N.C2H6/c1-12(2,3)8-7-11-13-9-5-4-6-10-13;1-2/h4-6,9-11H2,1-3H3;1-2H3. The van der Waals surface area contributed by atoms with E-state index in [1.165, 1.54) is 32.4 Å². The summed E-state index contributed by atoms with van der Waals surface area (Å²) in [4.78, 5) is 2.46. The van der Waals surface area contributed by atoms with Crippen LogP contribution in [0.3, 0.4) is 0 Å². The minimum atomic E-state index is 0.162. The van der Waals surface area contributed by atoms with Crippen molar-refractivity contribution >= 4 is 0 Å². The maximum Gasteiger partial charge on any atom is 0.0601 e. The predicted octanol–water partition coefficient (Wildman–Crippen LogP) is 3.55. The Morgan fingerprint density at radius 2 is 1.53 bits per heavy atom.